The molecule has 0 fully saturated rings. The molecule has 0 aliphatic heterocycles. The number of benzene rings is 2. The lowest BCUT2D eigenvalue weighted by atomic mass is 10.2. The maximum atomic E-state index is 12.1. The van der Waals surface area contributed by atoms with Crippen molar-refractivity contribution in [3.8, 4) is 11.3 Å². The van der Waals surface area contributed by atoms with Crippen LogP contribution in [0.3, 0.4) is 0 Å². The lowest BCUT2D eigenvalue weighted by molar-refractivity contribution is -0.117. The van der Waals surface area contributed by atoms with Crippen molar-refractivity contribution in [2.45, 2.75) is 11.8 Å². The van der Waals surface area contributed by atoms with Crippen LogP contribution in [-0.4, -0.2) is 20.2 Å². The van der Waals surface area contributed by atoms with Gasteiger partial charge >= 0.3 is 0 Å². The maximum Gasteiger partial charge on any atom is 0.264 e. The molecule has 0 saturated heterocycles. The van der Waals surface area contributed by atoms with Gasteiger partial charge in [-0.1, -0.05) is 29.3 Å². The van der Waals surface area contributed by atoms with Crippen LogP contribution < -0.4 is 10.0 Å². The minimum Gasteiger partial charge on any atom is -0.457 e. The first-order valence-corrected chi connectivity index (χ1v) is 11.1. The van der Waals surface area contributed by atoms with Crippen LogP contribution in [0.5, 0.6) is 0 Å². The zero-order chi connectivity index (χ0) is 22.6. The fraction of sp³-hybridized carbons (Fsp3) is 0.0476. The molecule has 1 heterocycles. The summed E-state index contributed by atoms with van der Waals surface area (Å²) in [4.78, 5) is 23.0. The maximum absolute atomic E-state index is 12.1. The minimum absolute atomic E-state index is 0.0981. The van der Waals surface area contributed by atoms with Gasteiger partial charge < -0.3 is 9.73 Å². The second-order valence-corrected chi connectivity index (χ2v) is 8.78. The highest BCUT2D eigenvalue weighted by Gasteiger charge is 2.15. The summed E-state index contributed by atoms with van der Waals surface area (Å²) in [5, 5.41) is 3.38. The van der Waals surface area contributed by atoms with Crippen LogP contribution in [0.25, 0.3) is 17.4 Å². The highest BCUT2D eigenvalue weighted by molar-refractivity contribution is 7.90. The first kappa shape index (κ1) is 22.6. The number of carbonyl (C=O) groups is 2. The van der Waals surface area contributed by atoms with Gasteiger partial charge in [0.1, 0.15) is 11.5 Å². The van der Waals surface area contributed by atoms with Crippen molar-refractivity contribution in [3.63, 3.8) is 0 Å². The fourth-order valence-electron chi connectivity index (χ4n) is 2.59. The summed E-state index contributed by atoms with van der Waals surface area (Å²) < 4.78 is 31.4. The van der Waals surface area contributed by atoms with E-state index in [2.05, 4.69) is 5.32 Å². The number of hydrogen-bond donors (Lipinski definition) is 2. The van der Waals surface area contributed by atoms with Crippen molar-refractivity contribution >= 4 is 56.8 Å². The van der Waals surface area contributed by atoms with Crippen LogP contribution in [0.15, 0.2) is 70.0 Å². The first-order valence-electron chi connectivity index (χ1n) is 8.82. The van der Waals surface area contributed by atoms with Crippen LogP contribution in [0, 0.1) is 0 Å². The standard InChI is InChI=1S/C21H16Cl2N2O5S/c1-13(26)25-31(28,29)16-9-5-14(6-10-16)24-20(27)12-8-15-7-11-19(30-15)17-3-2-4-18(22)21(17)23/h2-12H,1H3,(H,24,27)(H,25,26). The third-order valence-corrected chi connectivity index (χ3v) is 6.22. The quantitative estimate of drug-likeness (QED) is 0.498. The van der Waals surface area contributed by atoms with Gasteiger partial charge in [-0.2, -0.15) is 0 Å². The molecule has 0 unspecified atom stereocenters. The third kappa shape index (κ3) is 5.75. The Morgan fingerprint density at radius 3 is 2.39 bits per heavy atom. The highest BCUT2D eigenvalue weighted by atomic mass is 35.5. The molecular weight excluding hydrogens is 463 g/mol. The van der Waals surface area contributed by atoms with E-state index in [1.807, 2.05) is 4.72 Å². The van der Waals surface area contributed by atoms with Crippen molar-refractivity contribution in [3.05, 3.63) is 76.5 Å². The number of anilines is 1. The molecule has 1 aromatic heterocycles. The molecule has 0 spiro atoms. The third-order valence-electron chi connectivity index (χ3n) is 3.95. The van der Waals surface area contributed by atoms with E-state index in [1.165, 1.54) is 36.4 Å². The van der Waals surface area contributed by atoms with Gasteiger partial charge in [-0.15, -0.1) is 0 Å². The molecule has 2 aromatic carbocycles. The molecule has 160 valence electrons. The van der Waals surface area contributed by atoms with Crippen molar-refractivity contribution in [2.24, 2.45) is 0 Å². The Hall–Kier alpha value is -3.07. The summed E-state index contributed by atoms with van der Waals surface area (Å²) in [7, 11) is -3.93. The lowest BCUT2D eigenvalue weighted by Crippen LogP contribution is -2.28. The van der Waals surface area contributed by atoms with E-state index < -0.39 is 21.8 Å². The monoisotopic (exact) mass is 478 g/mol. The molecule has 0 aliphatic carbocycles. The van der Waals surface area contributed by atoms with Crippen molar-refractivity contribution in [1.29, 1.82) is 0 Å². The Morgan fingerprint density at radius 1 is 1.00 bits per heavy atom. The van der Waals surface area contributed by atoms with Gasteiger partial charge in [0.05, 0.1) is 14.9 Å². The Labute approximate surface area is 188 Å². The average molecular weight is 479 g/mol. The first-order chi connectivity index (χ1) is 14.7. The number of halogens is 2. The van der Waals surface area contributed by atoms with E-state index >= 15 is 0 Å². The normalized spacial score (nSPS) is 11.5. The topological polar surface area (TPSA) is 105 Å². The van der Waals surface area contributed by atoms with E-state index in [-0.39, 0.29) is 4.90 Å². The number of nitrogens with one attached hydrogen (secondary N) is 2. The highest BCUT2D eigenvalue weighted by Crippen LogP contribution is 2.34. The van der Waals surface area contributed by atoms with Crippen molar-refractivity contribution in [2.75, 3.05) is 5.32 Å². The summed E-state index contributed by atoms with van der Waals surface area (Å²) in [5.41, 5.74) is 1.01. The Balaban J connectivity index is 1.66. The Kier molecular flexibility index (Phi) is 6.84. The lowest BCUT2D eigenvalue weighted by Gasteiger charge is -2.06. The molecule has 2 amide bonds. The van der Waals surface area contributed by atoms with Crippen molar-refractivity contribution in [1.82, 2.24) is 4.72 Å². The van der Waals surface area contributed by atoms with E-state index in [0.29, 0.717) is 32.8 Å². The number of sulfonamides is 1. The molecule has 3 aromatic rings. The smallest absolute Gasteiger partial charge is 0.264 e. The zero-order valence-electron chi connectivity index (χ0n) is 16.1. The van der Waals surface area contributed by atoms with Gasteiger partial charge in [-0.05, 0) is 54.6 Å². The van der Waals surface area contributed by atoms with Crippen LogP contribution in [0.1, 0.15) is 12.7 Å². The van der Waals surface area contributed by atoms with Gasteiger partial charge in [-0.3, -0.25) is 9.59 Å². The fourth-order valence-corrected chi connectivity index (χ4v) is 3.97. The van der Waals surface area contributed by atoms with Crippen molar-refractivity contribution < 1.29 is 22.4 Å². The largest absolute Gasteiger partial charge is 0.457 e. The van der Waals surface area contributed by atoms with Gasteiger partial charge in [0.15, 0.2) is 0 Å². The summed E-state index contributed by atoms with van der Waals surface area (Å²) in [6.07, 6.45) is 2.75. The average Bonchev–Trinajstić information content (AvgIpc) is 3.17. The van der Waals surface area contributed by atoms with Crippen LogP contribution in [0.2, 0.25) is 10.0 Å². The number of hydrogen-bond acceptors (Lipinski definition) is 5. The Morgan fingerprint density at radius 2 is 1.71 bits per heavy atom. The second-order valence-electron chi connectivity index (χ2n) is 6.31. The molecule has 31 heavy (non-hydrogen) atoms. The number of carbonyl (C=O) groups excluding carboxylic acids is 2. The second kappa shape index (κ2) is 9.38. The van der Waals surface area contributed by atoms with Crippen LogP contribution >= 0.6 is 23.2 Å². The Bertz CT molecular complexity index is 1270. The summed E-state index contributed by atoms with van der Waals surface area (Å²) in [6.45, 7) is 1.10. The summed E-state index contributed by atoms with van der Waals surface area (Å²) in [5.74, 6) is -0.209. The molecule has 0 bridgehead atoms. The molecule has 2 N–H and O–H groups in total. The van der Waals surface area contributed by atoms with Crippen LogP contribution in [-0.2, 0) is 19.6 Å². The molecule has 0 aliphatic rings. The number of amides is 2. The number of rotatable bonds is 6. The zero-order valence-corrected chi connectivity index (χ0v) is 18.4. The van der Waals surface area contributed by atoms with E-state index in [0.717, 1.165) is 6.92 Å². The predicted octanol–water partition coefficient (Wildman–Crippen LogP) is 4.73. The van der Waals surface area contributed by atoms with E-state index in [9.17, 15) is 18.0 Å². The minimum atomic E-state index is -3.93. The van der Waals surface area contributed by atoms with E-state index in [1.54, 1.807) is 30.3 Å². The molecule has 3 rings (SSSR count). The molecule has 0 radical (unpaired) electrons. The predicted molar refractivity (Wildman–Crippen MR) is 119 cm³/mol. The van der Waals surface area contributed by atoms with Crippen LogP contribution in [0.4, 0.5) is 5.69 Å². The SMILES string of the molecule is CC(=O)NS(=O)(=O)c1ccc(NC(=O)C=Cc2ccc(-c3cccc(Cl)c3Cl)o2)cc1. The summed E-state index contributed by atoms with van der Waals surface area (Å²) in [6, 6.07) is 13.9. The molecule has 10 heteroatoms. The van der Waals surface area contributed by atoms with Gasteiger partial charge in [-0.25, -0.2) is 13.1 Å². The molecule has 7 nitrogen and oxygen atoms in total. The molecule has 0 atom stereocenters. The molecule has 0 saturated carbocycles. The number of furan rings is 1. The van der Waals surface area contributed by atoms with Gasteiger partial charge in [0.2, 0.25) is 11.8 Å². The van der Waals surface area contributed by atoms with E-state index in [4.69, 9.17) is 27.6 Å². The van der Waals surface area contributed by atoms with Gasteiger partial charge in [0, 0.05) is 24.3 Å². The molecular formula is C21H16Cl2N2O5S. The summed E-state index contributed by atoms with van der Waals surface area (Å²) >= 11 is 12.2. The van der Waals surface area contributed by atoms with Gasteiger partial charge in [0.25, 0.3) is 10.0 Å².